The fraction of sp³-hybridized carbons (Fsp3) is 0.160. The molecule has 0 fully saturated rings. The van der Waals surface area contributed by atoms with Gasteiger partial charge in [-0.1, -0.05) is 60.1 Å². The number of carbonyl (C=O) groups is 2. The number of benzene rings is 2. The van der Waals surface area contributed by atoms with Gasteiger partial charge in [0.2, 0.25) is 0 Å². The maximum Gasteiger partial charge on any atom is 0.278 e. The summed E-state index contributed by atoms with van der Waals surface area (Å²) in [4.78, 5) is 34.3. The molecule has 2 heterocycles. The molecule has 0 unspecified atom stereocenters. The standard InChI is InChI=1S/C25H22ClN3O2/c1-2-28(16-18-7-4-3-5-8-18)23-22(20-10-12-21(26)13-11-20)24(30)29(25(23)31)17-19-9-6-14-27-15-19/h3-15H,2,16-17H2,1H3. The van der Waals surface area contributed by atoms with Crippen LogP contribution in [0.15, 0.2) is 84.8 Å². The van der Waals surface area contributed by atoms with Crippen molar-refractivity contribution in [2.24, 2.45) is 0 Å². The van der Waals surface area contributed by atoms with Crippen LogP contribution in [0.25, 0.3) is 5.57 Å². The van der Waals surface area contributed by atoms with E-state index in [2.05, 4.69) is 4.98 Å². The monoisotopic (exact) mass is 431 g/mol. The Morgan fingerprint density at radius 3 is 2.26 bits per heavy atom. The molecular formula is C25H22ClN3O2. The van der Waals surface area contributed by atoms with Crippen molar-refractivity contribution in [2.45, 2.75) is 20.0 Å². The molecule has 0 bridgehead atoms. The topological polar surface area (TPSA) is 53.5 Å². The molecule has 0 N–H and O–H groups in total. The second kappa shape index (κ2) is 9.14. The van der Waals surface area contributed by atoms with Gasteiger partial charge in [-0.05, 0) is 41.8 Å². The maximum atomic E-state index is 13.5. The van der Waals surface area contributed by atoms with Gasteiger partial charge in [-0.2, -0.15) is 0 Å². The van der Waals surface area contributed by atoms with Gasteiger partial charge >= 0.3 is 0 Å². The molecule has 2 amide bonds. The predicted molar refractivity (Wildman–Crippen MR) is 121 cm³/mol. The quantitative estimate of drug-likeness (QED) is 0.515. The zero-order valence-corrected chi connectivity index (χ0v) is 17.9. The molecule has 1 aromatic heterocycles. The van der Waals surface area contributed by atoms with Crippen LogP contribution >= 0.6 is 11.6 Å². The van der Waals surface area contributed by atoms with E-state index in [4.69, 9.17) is 11.6 Å². The largest absolute Gasteiger partial charge is 0.362 e. The Morgan fingerprint density at radius 1 is 0.903 bits per heavy atom. The lowest BCUT2D eigenvalue weighted by Crippen LogP contribution is -2.34. The van der Waals surface area contributed by atoms with Crippen LogP contribution in [0, 0.1) is 0 Å². The predicted octanol–water partition coefficient (Wildman–Crippen LogP) is 4.54. The lowest BCUT2D eigenvalue weighted by atomic mass is 10.0. The number of hydrogen-bond acceptors (Lipinski definition) is 4. The van der Waals surface area contributed by atoms with Gasteiger partial charge in [-0.25, -0.2) is 0 Å². The smallest absolute Gasteiger partial charge is 0.278 e. The fourth-order valence-corrected chi connectivity index (χ4v) is 3.83. The Balaban J connectivity index is 1.76. The van der Waals surface area contributed by atoms with Crippen molar-refractivity contribution in [2.75, 3.05) is 6.54 Å². The van der Waals surface area contributed by atoms with Crippen LogP contribution in [0.5, 0.6) is 0 Å². The molecule has 1 aliphatic rings. The number of nitrogens with zero attached hydrogens (tertiary/aromatic N) is 3. The Labute approximate surface area is 186 Å². The number of pyridine rings is 1. The maximum absolute atomic E-state index is 13.5. The van der Waals surface area contributed by atoms with Gasteiger partial charge in [-0.3, -0.25) is 19.5 Å². The van der Waals surface area contributed by atoms with E-state index >= 15 is 0 Å². The van der Waals surface area contributed by atoms with E-state index in [9.17, 15) is 9.59 Å². The van der Waals surface area contributed by atoms with Gasteiger partial charge in [0.05, 0.1) is 12.1 Å². The summed E-state index contributed by atoms with van der Waals surface area (Å²) in [6.07, 6.45) is 3.33. The van der Waals surface area contributed by atoms with E-state index < -0.39 is 0 Å². The summed E-state index contributed by atoms with van der Waals surface area (Å²) in [6, 6.07) is 20.6. The van der Waals surface area contributed by atoms with Crippen molar-refractivity contribution in [3.05, 3.63) is 107 Å². The molecular weight excluding hydrogens is 410 g/mol. The molecule has 0 spiro atoms. The van der Waals surface area contributed by atoms with Crippen molar-refractivity contribution >= 4 is 29.0 Å². The highest BCUT2D eigenvalue weighted by atomic mass is 35.5. The molecule has 4 rings (SSSR count). The molecule has 0 radical (unpaired) electrons. The SMILES string of the molecule is CCN(Cc1ccccc1)C1=C(c2ccc(Cl)cc2)C(=O)N(Cc2cccnc2)C1=O. The minimum atomic E-state index is -0.308. The Bertz CT molecular complexity index is 1110. The third-order valence-electron chi connectivity index (χ3n) is 5.25. The van der Waals surface area contributed by atoms with E-state index in [0.29, 0.717) is 34.9 Å². The minimum absolute atomic E-state index is 0.176. The molecule has 0 saturated carbocycles. The number of rotatable bonds is 7. The summed E-state index contributed by atoms with van der Waals surface area (Å²) in [5.74, 6) is -0.603. The van der Waals surface area contributed by atoms with Crippen molar-refractivity contribution in [3.63, 3.8) is 0 Å². The second-order valence-electron chi connectivity index (χ2n) is 7.29. The van der Waals surface area contributed by atoms with Gasteiger partial charge in [0.25, 0.3) is 11.8 Å². The molecule has 31 heavy (non-hydrogen) atoms. The summed E-state index contributed by atoms with van der Waals surface area (Å²) in [5, 5.41) is 0.575. The number of carbonyl (C=O) groups excluding carboxylic acids is 2. The highest BCUT2D eigenvalue weighted by Crippen LogP contribution is 2.33. The number of amides is 2. The van der Waals surface area contributed by atoms with Gasteiger partial charge < -0.3 is 4.90 Å². The average Bonchev–Trinajstić information content (AvgIpc) is 3.04. The first-order valence-electron chi connectivity index (χ1n) is 10.1. The first-order valence-corrected chi connectivity index (χ1v) is 10.5. The number of halogens is 1. The minimum Gasteiger partial charge on any atom is -0.362 e. The second-order valence-corrected chi connectivity index (χ2v) is 7.72. The first-order chi connectivity index (χ1) is 15.1. The molecule has 3 aromatic rings. The molecule has 0 saturated heterocycles. The van der Waals surface area contributed by atoms with Crippen LogP contribution in [-0.2, 0) is 22.7 Å². The Morgan fingerprint density at radius 2 is 1.61 bits per heavy atom. The Hall–Kier alpha value is -3.44. The highest BCUT2D eigenvalue weighted by molar-refractivity contribution is 6.35. The summed E-state index contributed by atoms with van der Waals surface area (Å²) < 4.78 is 0. The highest BCUT2D eigenvalue weighted by Gasteiger charge is 2.41. The van der Waals surface area contributed by atoms with E-state index in [0.717, 1.165) is 11.1 Å². The van der Waals surface area contributed by atoms with Crippen LogP contribution in [0.3, 0.4) is 0 Å². The molecule has 2 aromatic carbocycles. The first kappa shape index (κ1) is 20.8. The fourth-order valence-electron chi connectivity index (χ4n) is 3.70. The molecule has 1 aliphatic heterocycles. The van der Waals surface area contributed by atoms with Crippen LogP contribution < -0.4 is 0 Å². The third-order valence-corrected chi connectivity index (χ3v) is 5.51. The van der Waals surface area contributed by atoms with E-state index in [1.807, 2.05) is 48.2 Å². The normalized spacial score (nSPS) is 13.8. The molecule has 156 valence electrons. The lowest BCUT2D eigenvalue weighted by molar-refractivity contribution is -0.138. The average molecular weight is 432 g/mol. The molecule has 0 atom stereocenters. The van der Waals surface area contributed by atoms with Crippen molar-refractivity contribution < 1.29 is 9.59 Å². The van der Waals surface area contributed by atoms with Crippen LogP contribution in [0.2, 0.25) is 5.02 Å². The number of hydrogen-bond donors (Lipinski definition) is 0. The number of likely N-dealkylation sites (N-methyl/N-ethyl adjacent to an activating group) is 1. The third kappa shape index (κ3) is 4.37. The van der Waals surface area contributed by atoms with E-state index in [-0.39, 0.29) is 18.4 Å². The van der Waals surface area contributed by atoms with Crippen LogP contribution in [0.1, 0.15) is 23.6 Å². The summed E-state index contributed by atoms with van der Waals surface area (Å²) in [6.45, 7) is 3.27. The molecule has 5 nitrogen and oxygen atoms in total. The van der Waals surface area contributed by atoms with Crippen molar-refractivity contribution in [1.29, 1.82) is 0 Å². The van der Waals surface area contributed by atoms with Crippen LogP contribution in [0.4, 0.5) is 0 Å². The van der Waals surface area contributed by atoms with Gasteiger partial charge in [-0.15, -0.1) is 0 Å². The van der Waals surface area contributed by atoms with Gasteiger partial charge in [0.15, 0.2) is 0 Å². The van der Waals surface area contributed by atoms with Crippen molar-refractivity contribution in [3.8, 4) is 0 Å². The summed E-state index contributed by atoms with van der Waals surface area (Å²) in [7, 11) is 0. The van der Waals surface area contributed by atoms with Crippen LogP contribution in [-0.4, -0.2) is 33.1 Å². The summed E-state index contributed by atoms with van der Waals surface area (Å²) in [5.41, 5.74) is 3.37. The van der Waals surface area contributed by atoms with Gasteiger partial charge in [0, 0.05) is 30.5 Å². The zero-order valence-electron chi connectivity index (χ0n) is 17.2. The molecule has 6 heteroatoms. The molecule has 0 aliphatic carbocycles. The zero-order chi connectivity index (χ0) is 21.8. The van der Waals surface area contributed by atoms with E-state index in [1.54, 1.807) is 42.7 Å². The number of aromatic nitrogens is 1. The van der Waals surface area contributed by atoms with E-state index in [1.165, 1.54) is 4.90 Å². The summed E-state index contributed by atoms with van der Waals surface area (Å²) >= 11 is 6.06. The van der Waals surface area contributed by atoms with Gasteiger partial charge in [0.1, 0.15) is 5.70 Å². The van der Waals surface area contributed by atoms with Crippen molar-refractivity contribution in [1.82, 2.24) is 14.8 Å². The number of imide groups is 1. The lowest BCUT2D eigenvalue weighted by Gasteiger charge is -2.25. The Kier molecular flexibility index (Phi) is 6.14.